The number of Topliss-reactive ketones (excluding diaryl/α,β-unsaturated/α-hetero) is 1. The van der Waals surface area contributed by atoms with E-state index in [-0.39, 0.29) is 18.0 Å². The van der Waals surface area contributed by atoms with Crippen LogP contribution in [0.5, 0.6) is 0 Å². The van der Waals surface area contributed by atoms with E-state index in [4.69, 9.17) is 0 Å². The Kier molecular flexibility index (Phi) is 2.76. The number of nitrogens with one attached hydrogen (secondary N) is 1. The minimum absolute atomic E-state index is 0.136. The first kappa shape index (κ1) is 10.5. The van der Waals surface area contributed by atoms with Crippen LogP contribution >= 0.6 is 0 Å². The number of hydrogen-bond donors (Lipinski definition) is 1. The zero-order valence-electron chi connectivity index (χ0n) is 8.70. The Morgan fingerprint density at radius 3 is 2.94 bits per heavy atom. The van der Waals surface area contributed by atoms with Crippen molar-refractivity contribution in [3.05, 3.63) is 47.0 Å². The molecule has 0 amide bonds. The lowest BCUT2D eigenvalue weighted by molar-refractivity contribution is 0.0988. The predicted molar refractivity (Wildman–Crippen MR) is 55.6 cm³/mol. The molecule has 1 N–H and O–H groups in total. The Morgan fingerprint density at radius 1 is 1.50 bits per heavy atom. The zero-order chi connectivity index (χ0) is 11.5. The van der Waals surface area contributed by atoms with Crippen molar-refractivity contribution in [2.45, 2.75) is 13.3 Å². The largest absolute Gasteiger partial charge is 0.292 e. The molecule has 4 nitrogen and oxygen atoms in total. The van der Waals surface area contributed by atoms with Crippen molar-refractivity contribution >= 4 is 5.78 Å². The molecule has 1 aromatic carbocycles. The lowest BCUT2D eigenvalue weighted by Crippen LogP contribution is -2.05. The number of carbonyl (C=O) groups is 1. The fraction of sp³-hybridized carbons (Fsp3) is 0.182. The Hall–Kier alpha value is -2.04. The van der Waals surface area contributed by atoms with Crippen LogP contribution in [0.1, 0.15) is 21.6 Å². The molecule has 1 heterocycles. The third-order valence-corrected chi connectivity index (χ3v) is 2.36. The lowest BCUT2D eigenvalue weighted by Gasteiger charge is -2.03. The van der Waals surface area contributed by atoms with E-state index < -0.39 is 0 Å². The van der Waals surface area contributed by atoms with E-state index in [9.17, 15) is 9.18 Å². The highest BCUT2D eigenvalue weighted by molar-refractivity contribution is 5.95. The van der Waals surface area contributed by atoms with Gasteiger partial charge in [0.25, 0.3) is 0 Å². The standard InChI is InChI=1S/C11H10FN3O/c1-7-4-9(12)3-2-8(7)5-11(16)10-6-13-15-14-10/h2-4,6H,5H2,1H3,(H,13,14,15). The van der Waals surface area contributed by atoms with E-state index in [0.29, 0.717) is 5.69 Å². The molecular weight excluding hydrogens is 209 g/mol. The normalized spacial score (nSPS) is 10.4. The van der Waals surface area contributed by atoms with E-state index >= 15 is 0 Å². The van der Waals surface area contributed by atoms with Gasteiger partial charge in [-0.1, -0.05) is 6.07 Å². The SMILES string of the molecule is Cc1cc(F)ccc1CC(=O)c1cn[nH]n1. The van der Waals surface area contributed by atoms with Gasteiger partial charge in [0, 0.05) is 6.42 Å². The average Bonchev–Trinajstić information content (AvgIpc) is 2.75. The highest BCUT2D eigenvalue weighted by Gasteiger charge is 2.11. The smallest absolute Gasteiger partial charge is 0.189 e. The van der Waals surface area contributed by atoms with Crippen LogP contribution in [0.15, 0.2) is 24.4 Å². The van der Waals surface area contributed by atoms with E-state index in [1.807, 2.05) is 0 Å². The molecule has 0 saturated heterocycles. The van der Waals surface area contributed by atoms with Gasteiger partial charge in [-0.3, -0.25) is 4.79 Å². The monoisotopic (exact) mass is 219 g/mol. The zero-order valence-corrected chi connectivity index (χ0v) is 8.70. The molecule has 5 heteroatoms. The Morgan fingerprint density at radius 2 is 2.31 bits per heavy atom. The molecule has 0 fully saturated rings. The van der Waals surface area contributed by atoms with Crippen molar-refractivity contribution in [3.8, 4) is 0 Å². The van der Waals surface area contributed by atoms with E-state index in [1.54, 1.807) is 13.0 Å². The first-order valence-corrected chi connectivity index (χ1v) is 4.81. The summed E-state index contributed by atoms with van der Waals surface area (Å²) in [5.74, 6) is -0.432. The van der Waals surface area contributed by atoms with Crippen molar-refractivity contribution in [1.82, 2.24) is 15.4 Å². The van der Waals surface area contributed by atoms with Gasteiger partial charge in [0.05, 0.1) is 6.20 Å². The number of carbonyl (C=O) groups excluding carboxylic acids is 1. The molecule has 0 aliphatic heterocycles. The first-order valence-electron chi connectivity index (χ1n) is 4.81. The molecule has 0 spiro atoms. The van der Waals surface area contributed by atoms with Crippen LogP contribution in [0.4, 0.5) is 4.39 Å². The topological polar surface area (TPSA) is 58.6 Å². The second kappa shape index (κ2) is 4.22. The van der Waals surface area contributed by atoms with Crippen molar-refractivity contribution < 1.29 is 9.18 Å². The molecule has 0 atom stereocenters. The van der Waals surface area contributed by atoms with Gasteiger partial charge in [-0.25, -0.2) is 4.39 Å². The Bertz CT molecular complexity index is 508. The van der Waals surface area contributed by atoms with Gasteiger partial charge in [0.1, 0.15) is 11.5 Å². The summed E-state index contributed by atoms with van der Waals surface area (Å²) in [6.07, 6.45) is 1.58. The second-order valence-electron chi connectivity index (χ2n) is 3.53. The molecular formula is C11H10FN3O. The number of ketones is 1. The molecule has 0 bridgehead atoms. The van der Waals surface area contributed by atoms with Crippen LogP contribution in [-0.4, -0.2) is 21.2 Å². The Balaban J connectivity index is 2.18. The average molecular weight is 219 g/mol. The van der Waals surface area contributed by atoms with Gasteiger partial charge in [-0.15, -0.1) is 0 Å². The highest BCUT2D eigenvalue weighted by atomic mass is 19.1. The second-order valence-corrected chi connectivity index (χ2v) is 3.53. The summed E-state index contributed by atoms with van der Waals surface area (Å²) >= 11 is 0. The Labute approximate surface area is 91.5 Å². The quantitative estimate of drug-likeness (QED) is 0.799. The van der Waals surface area contributed by atoms with Crippen molar-refractivity contribution in [2.75, 3.05) is 0 Å². The van der Waals surface area contributed by atoms with Gasteiger partial charge in [0.15, 0.2) is 5.78 Å². The number of nitrogens with zero attached hydrogens (tertiary/aromatic N) is 2. The third kappa shape index (κ3) is 2.13. The summed E-state index contributed by atoms with van der Waals surface area (Å²) in [7, 11) is 0. The van der Waals surface area contributed by atoms with Crippen LogP contribution in [0.25, 0.3) is 0 Å². The van der Waals surface area contributed by atoms with Gasteiger partial charge in [0.2, 0.25) is 0 Å². The predicted octanol–water partition coefficient (Wildman–Crippen LogP) is 1.68. The molecule has 0 unspecified atom stereocenters. The van der Waals surface area contributed by atoms with Crippen LogP contribution < -0.4 is 0 Å². The number of rotatable bonds is 3. The summed E-state index contributed by atoms with van der Waals surface area (Å²) in [5, 5.41) is 9.64. The molecule has 82 valence electrons. The van der Waals surface area contributed by atoms with Crippen LogP contribution in [-0.2, 0) is 6.42 Å². The van der Waals surface area contributed by atoms with Crippen LogP contribution in [0.2, 0.25) is 0 Å². The van der Waals surface area contributed by atoms with Crippen molar-refractivity contribution in [2.24, 2.45) is 0 Å². The van der Waals surface area contributed by atoms with Crippen LogP contribution in [0, 0.1) is 12.7 Å². The van der Waals surface area contributed by atoms with E-state index in [1.165, 1.54) is 18.3 Å². The molecule has 2 rings (SSSR count). The summed E-state index contributed by atoms with van der Waals surface area (Å²) in [6.45, 7) is 1.77. The van der Waals surface area contributed by atoms with Gasteiger partial charge in [-0.2, -0.15) is 15.4 Å². The molecule has 2 aromatic rings. The molecule has 0 aliphatic rings. The van der Waals surface area contributed by atoms with E-state index in [2.05, 4.69) is 15.4 Å². The summed E-state index contributed by atoms with van der Waals surface area (Å²) in [5.41, 5.74) is 1.86. The maximum Gasteiger partial charge on any atom is 0.189 e. The molecule has 0 saturated carbocycles. The van der Waals surface area contributed by atoms with Gasteiger partial charge < -0.3 is 0 Å². The summed E-state index contributed by atoms with van der Waals surface area (Å²) < 4.78 is 12.8. The number of benzene rings is 1. The fourth-order valence-electron chi connectivity index (χ4n) is 1.46. The molecule has 1 aromatic heterocycles. The lowest BCUT2D eigenvalue weighted by atomic mass is 10.0. The summed E-state index contributed by atoms with van der Waals surface area (Å²) in [4.78, 5) is 11.7. The minimum Gasteiger partial charge on any atom is -0.292 e. The minimum atomic E-state index is -0.296. The highest BCUT2D eigenvalue weighted by Crippen LogP contribution is 2.12. The molecule has 0 aliphatic carbocycles. The molecule has 0 radical (unpaired) electrons. The maximum absolute atomic E-state index is 12.8. The van der Waals surface area contributed by atoms with E-state index in [0.717, 1.165) is 11.1 Å². The molecule has 16 heavy (non-hydrogen) atoms. The fourth-order valence-corrected chi connectivity index (χ4v) is 1.46. The van der Waals surface area contributed by atoms with Crippen LogP contribution in [0.3, 0.4) is 0 Å². The number of halogens is 1. The third-order valence-electron chi connectivity index (χ3n) is 2.36. The van der Waals surface area contributed by atoms with Gasteiger partial charge in [-0.05, 0) is 30.2 Å². The summed E-state index contributed by atoms with van der Waals surface area (Å²) in [6, 6.07) is 4.37. The van der Waals surface area contributed by atoms with Crippen molar-refractivity contribution in [3.63, 3.8) is 0 Å². The first-order chi connectivity index (χ1) is 7.66. The van der Waals surface area contributed by atoms with Gasteiger partial charge >= 0.3 is 0 Å². The number of aromatic nitrogens is 3. The number of H-pyrrole nitrogens is 1. The maximum atomic E-state index is 12.8. The number of aryl methyl sites for hydroxylation is 1. The number of aromatic amines is 1. The number of hydrogen-bond acceptors (Lipinski definition) is 3. The van der Waals surface area contributed by atoms with Crippen molar-refractivity contribution in [1.29, 1.82) is 0 Å².